The van der Waals surface area contributed by atoms with Crippen molar-refractivity contribution in [1.82, 2.24) is 0 Å². The van der Waals surface area contributed by atoms with Gasteiger partial charge in [0.25, 0.3) is 0 Å². The summed E-state index contributed by atoms with van der Waals surface area (Å²) in [7, 11) is 0. The molecule has 0 fully saturated rings. The van der Waals surface area contributed by atoms with Gasteiger partial charge >= 0.3 is 11.9 Å². The number of hydrogen-bond acceptors (Lipinski definition) is 5. The Hall–Kier alpha value is -2.40. The number of aliphatic hydroxyl groups excluding tert-OH is 1. The molecule has 0 bridgehead atoms. The van der Waals surface area contributed by atoms with Crippen LogP contribution in [0.4, 0.5) is 0 Å². The Bertz CT molecular complexity index is 853. The van der Waals surface area contributed by atoms with Gasteiger partial charge < -0.3 is 14.6 Å². The average Bonchev–Trinajstić information content (AvgIpc) is 3.09. The fraction of sp³-hybridized carbons (Fsp3) is 0.721. The first-order valence-corrected chi connectivity index (χ1v) is 19.8. The van der Waals surface area contributed by atoms with Gasteiger partial charge in [-0.05, 0) is 77.0 Å². The van der Waals surface area contributed by atoms with Crippen molar-refractivity contribution in [2.45, 2.75) is 187 Å². The Balaban J connectivity index is 3.59. The molecule has 276 valence electrons. The number of carbonyl (C=O) groups is 2. The normalized spacial score (nSPS) is 12.8. The molecule has 1 atom stereocenters. The molecule has 0 aliphatic heterocycles. The molecule has 0 saturated heterocycles. The highest BCUT2D eigenvalue weighted by Crippen LogP contribution is 2.13. The van der Waals surface area contributed by atoms with Gasteiger partial charge in [-0.25, -0.2) is 0 Å². The summed E-state index contributed by atoms with van der Waals surface area (Å²) >= 11 is 0. The van der Waals surface area contributed by atoms with Crippen molar-refractivity contribution < 1.29 is 24.2 Å². The molecule has 0 radical (unpaired) electrons. The minimum atomic E-state index is -0.782. The highest BCUT2D eigenvalue weighted by Gasteiger charge is 2.16. The molecule has 0 aromatic carbocycles. The predicted octanol–water partition coefficient (Wildman–Crippen LogP) is 12.4. The molecular weight excluding hydrogens is 596 g/mol. The van der Waals surface area contributed by atoms with E-state index in [2.05, 4.69) is 74.6 Å². The Labute approximate surface area is 296 Å². The average molecular weight is 671 g/mol. The maximum absolute atomic E-state index is 12.2. The molecule has 1 N–H and O–H groups in total. The van der Waals surface area contributed by atoms with Crippen LogP contribution in [0.25, 0.3) is 0 Å². The zero-order chi connectivity index (χ0) is 35.0. The van der Waals surface area contributed by atoms with Gasteiger partial charge in [-0.15, -0.1) is 0 Å². The SMILES string of the molecule is CCC=CCC=CCC=CCCCCCCCC(=O)OCC(CO)OC(=O)CCCCCCCCCCCC=CCC=CCCCCC. The summed E-state index contributed by atoms with van der Waals surface area (Å²) in [4.78, 5) is 24.3. The van der Waals surface area contributed by atoms with E-state index in [1.807, 2.05) is 0 Å². The standard InChI is InChI=1S/C43H74O5/c1-3-5-7-9-11-13-15-17-19-20-21-22-24-26-28-30-32-34-36-38-43(46)48-41(39-44)40-47-42(45)37-35-33-31-29-27-25-23-18-16-14-12-10-8-6-4-2/h6,8,11-14,17-19,23,41,44H,3-5,7,9-10,15-16,20-22,24-40H2,1-2H3. The summed E-state index contributed by atoms with van der Waals surface area (Å²) in [6.45, 7) is 3.98. The van der Waals surface area contributed by atoms with E-state index >= 15 is 0 Å². The van der Waals surface area contributed by atoms with E-state index in [0.717, 1.165) is 77.0 Å². The lowest BCUT2D eigenvalue weighted by Crippen LogP contribution is -2.28. The topological polar surface area (TPSA) is 72.8 Å². The summed E-state index contributed by atoms with van der Waals surface area (Å²) in [6.07, 6.45) is 49.9. The lowest BCUT2D eigenvalue weighted by molar-refractivity contribution is -0.161. The molecule has 0 spiro atoms. The quantitative estimate of drug-likeness (QED) is 0.0413. The van der Waals surface area contributed by atoms with Gasteiger partial charge in [0, 0.05) is 12.8 Å². The summed E-state index contributed by atoms with van der Waals surface area (Å²) in [5.74, 6) is -0.618. The summed E-state index contributed by atoms with van der Waals surface area (Å²) in [5, 5.41) is 9.55. The fourth-order valence-electron chi connectivity index (χ4n) is 5.30. The molecule has 1 unspecified atom stereocenters. The van der Waals surface area contributed by atoms with E-state index in [4.69, 9.17) is 9.47 Å². The van der Waals surface area contributed by atoms with Gasteiger partial charge in [-0.3, -0.25) is 9.59 Å². The number of ether oxygens (including phenoxy) is 2. The number of allylic oxidation sites excluding steroid dienone is 10. The number of aliphatic hydroxyl groups is 1. The molecule has 0 heterocycles. The van der Waals surface area contributed by atoms with Gasteiger partial charge in [-0.2, -0.15) is 0 Å². The molecule has 0 aliphatic rings. The first-order chi connectivity index (χ1) is 23.6. The highest BCUT2D eigenvalue weighted by atomic mass is 16.6. The second kappa shape index (κ2) is 39.0. The zero-order valence-corrected chi connectivity index (χ0v) is 31.2. The third kappa shape index (κ3) is 36.4. The zero-order valence-electron chi connectivity index (χ0n) is 31.2. The van der Waals surface area contributed by atoms with Crippen molar-refractivity contribution in [2.24, 2.45) is 0 Å². The molecule has 5 heteroatoms. The van der Waals surface area contributed by atoms with Gasteiger partial charge in [0.1, 0.15) is 6.61 Å². The summed E-state index contributed by atoms with van der Waals surface area (Å²) in [5.41, 5.74) is 0. The van der Waals surface area contributed by atoms with Crippen LogP contribution in [0, 0.1) is 0 Å². The van der Waals surface area contributed by atoms with Gasteiger partial charge in [0.15, 0.2) is 6.10 Å². The van der Waals surface area contributed by atoms with Crippen LogP contribution in [0.5, 0.6) is 0 Å². The molecule has 0 aliphatic carbocycles. The Morgan fingerprint density at radius 2 is 0.896 bits per heavy atom. The monoisotopic (exact) mass is 671 g/mol. The minimum Gasteiger partial charge on any atom is -0.462 e. The molecular formula is C43H74O5. The van der Waals surface area contributed by atoms with Crippen molar-refractivity contribution >= 4 is 11.9 Å². The number of carbonyl (C=O) groups excluding carboxylic acids is 2. The first-order valence-electron chi connectivity index (χ1n) is 19.8. The third-order valence-electron chi connectivity index (χ3n) is 8.30. The smallest absolute Gasteiger partial charge is 0.306 e. The number of hydrogen-bond donors (Lipinski definition) is 1. The predicted molar refractivity (Wildman–Crippen MR) is 205 cm³/mol. The number of esters is 2. The fourth-order valence-corrected chi connectivity index (χ4v) is 5.30. The second-order valence-corrected chi connectivity index (χ2v) is 13.0. The maximum atomic E-state index is 12.2. The van der Waals surface area contributed by atoms with Crippen LogP contribution in [0.2, 0.25) is 0 Å². The molecule has 0 saturated carbocycles. The van der Waals surface area contributed by atoms with Crippen molar-refractivity contribution in [3.63, 3.8) is 0 Å². The van der Waals surface area contributed by atoms with Crippen LogP contribution in [-0.2, 0) is 19.1 Å². The largest absolute Gasteiger partial charge is 0.462 e. The van der Waals surface area contributed by atoms with Crippen LogP contribution in [0.15, 0.2) is 60.8 Å². The highest BCUT2D eigenvalue weighted by molar-refractivity contribution is 5.70. The summed E-state index contributed by atoms with van der Waals surface area (Å²) < 4.78 is 10.6. The van der Waals surface area contributed by atoms with Crippen molar-refractivity contribution in [2.75, 3.05) is 13.2 Å². The molecule has 0 rings (SSSR count). The Morgan fingerprint density at radius 1 is 0.500 bits per heavy atom. The lowest BCUT2D eigenvalue weighted by atomic mass is 10.1. The Kier molecular flexibility index (Phi) is 37.1. The van der Waals surface area contributed by atoms with Crippen LogP contribution in [0.3, 0.4) is 0 Å². The molecule has 48 heavy (non-hydrogen) atoms. The van der Waals surface area contributed by atoms with Gasteiger partial charge in [0.2, 0.25) is 0 Å². The van der Waals surface area contributed by atoms with Crippen molar-refractivity contribution in [3.8, 4) is 0 Å². The van der Waals surface area contributed by atoms with Crippen LogP contribution >= 0.6 is 0 Å². The molecule has 0 aromatic rings. The maximum Gasteiger partial charge on any atom is 0.306 e. The van der Waals surface area contributed by atoms with Crippen molar-refractivity contribution in [1.29, 1.82) is 0 Å². The first kappa shape index (κ1) is 45.6. The molecule has 0 amide bonds. The van der Waals surface area contributed by atoms with Gasteiger partial charge in [-0.1, -0.05) is 152 Å². The van der Waals surface area contributed by atoms with E-state index in [1.54, 1.807) is 0 Å². The number of rotatable bonds is 35. The van der Waals surface area contributed by atoms with Crippen molar-refractivity contribution in [3.05, 3.63) is 60.8 Å². The molecule has 0 aromatic heterocycles. The van der Waals surface area contributed by atoms with E-state index in [9.17, 15) is 14.7 Å². The summed E-state index contributed by atoms with van der Waals surface area (Å²) in [6, 6.07) is 0. The third-order valence-corrected chi connectivity index (χ3v) is 8.30. The van der Waals surface area contributed by atoms with Crippen LogP contribution < -0.4 is 0 Å². The van der Waals surface area contributed by atoms with E-state index in [-0.39, 0.29) is 25.2 Å². The van der Waals surface area contributed by atoms with E-state index in [1.165, 1.54) is 77.0 Å². The van der Waals surface area contributed by atoms with Gasteiger partial charge in [0.05, 0.1) is 6.61 Å². The van der Waals surface area contributed by atoms with Crippen LogP contribution in [0.1, 0.15) is 181 Å². The second-order valence-electron chi connectivity index (χ2n) is 13.0. The van der Waals surface area contributed by atoms with E-state index < -0.39 is 6.10 Å². The lowest BCUT2D eigenvalue weighted by Gasteiger charge is -2.15. The Morgan fingerprint density at radius 3 is 1.35 bits per heavy atom. The number of unbranched alkanes of at least 4 members (excludes halogenated alkanes) is 17. The minimum absolute atomic E-state index is 0.0785. The van der Waals surface area contributed by atoms with E-state index in [0.29, 0.717) is 12.8 Å². The molecule has 5 nitrogen and oxygen atoms in total. The van der Waals surface area contributed by atoms with Crippen LogP contribution in [-0.4, -0.2) is 36.4 Å².